The van der Waals surface area contributed by atoms with Gasteiger partial charge in [0.05, 0.1) is 11.4 Å². The van der Waals surface area contributed by atoms with E-state index in [0.717, 1.165) is 17.7 Å². The molecule has 2 atom stereocenters. The molecule has 0 radical (unpaired) electrons. The van der Waals surface area contributed by atoms with Gasteiger partial charge < -0.3 is 22.1 Å². The van der Waals surface area contributed by atoms with Gasteiger partial charge in [0.2, 0.25) is 0 Å². The first-order chi connectivity index (χ1) is 14.9. The molecule has 1 aliphatic heterocycles. The highest BCUT2D eigenvalue weighted by Gasteiger charge is 2.25. The monoisotopic (exact) mass is 420 g/mol. The second-order valence-electron chi connectivity index (χ2n) is 7.88. The Morgan fingerprint density at radius 1 is 1.10 bits per heavy atom. The third kappa shape index (κ3) is 4.55. The number of carbonyl (C=O) groups excluding carboxylic acids is 1. The van der Waals surface area contributed by atoms with Gasteiger partial charge >= 0.3 is 0 Å². The summed E-state index contributed by atoms with van der Waals surface area (Å²) >= 11 is 0. The number of hydrogen-bond donors (Lipinski definition) is 3. The fourth-order valence-corrected chi connectivity index (χ4v) is 4.01. The molecule has 1 saturated heterocycles. The van der Waals surface area contributed by atoms with Crippen molar-refractivity contribution >= 4 is 17.2 Å². The molecular formula is C23H25FN6O. The smallest absolute Gasteiger partial charge is 0.187 e. The van der Waals surface area contributed by atoms with Crippen LogP contribution in [0.1, 0.15) is 22.5 Å². The van der Waals surface area contributed by atoms with Crippen LogP contribution < -0.4 is 22.1 Å². The van der Waals surface area contributed by atoms with Crippen LogP contribution >= 0.6 is 0 Å². The highest BCUT2D eigenvalue weighted by Crippen LogP contribution is 2.27. The van der Waals surface area contributed by atoms with Crippen molar-refractivity contribution in [2.24, 2.45) is 11.5 Å². The number of ketones is 1. The van der Waals surface area contributed by atoms with Crippen molar-refractivity contribution in [3.63, 3.8) is 0 Å². The maximum atomic E-state index is 14.2. The van der Waals surface area contributed by atoms with Crippen molar-refractivity contribution in [2.45, 2.75) is 24.9 Å². The van der Waals surface area contributed by atoms with Crippen molar-refractivity contribution in [1.82, 2.24) is 9.97 Å². The minimum absolute atomic E-state index is 0.0322. The number of piperidine rings is 1. The van der Waals surface area contributed by atoms with Crippen molar-refractivity contribution < 1.29 is 9.18 Å². The number of hydrogen-bond acceptors (Lipinski definition) is 7. The van der Waals surface area contributed by atoms with Crippen molar-refractivity contribution in [3.8, 4) is 11.3 Å². The molecule has 1 fully saturated rings. The molecule has 160 valence electrons. The van der Waals surface area contributed by atoms with Gasteiger partial charge in [0, 0.05) is 60.8 Å². The Morgan fingerprint density at radius 2 is 1.84 bits per heavy atom. The van der Waals surface area contributed by atoms with Gasteiger partial charge in [-0.15, -0.1) is 0 Å². The molecular weight excluding hydrogens is 395 g/mol. The number of anilines is 2. The normalized spacial score (nSPS) is 18.7. The predicted octanol–water partition coefficient (Wildman–Crippen LogP) is 2.16. The predicted molar refractivity (Wildman–Crippen MR) is 119 cm³/mol. The highest BCUT2D eigenvalue weighted by atomic mass is 19.1. The lowest BCUT2D eigenvalue weighted by molar-refractivity contribution is 0.0989. The molecule has 1 aliphatic rings. The minimum atomic E-state index is -0.412. The van der Waals surface area contributed by atoms with Gasteiger partial charge in [-0.3, -0.25) is 9.78 Å². The number of aromatic nitrogens is 2. The zero-order valence-corrected chi connectivity index (χ0v) is 17.0. The van der Waals surface area contributed by atoms with Gasteiger partial charge in [-0.25, -0.2) is 9.37 Å². The molecule has 6 N–H and O–H groups in total. The van der Waals surface area contributed by atoms with Gasteiger partial charge in [0.1, 0.15) is 11.5 Å². The summed E-state index contributed by atoms with van der Waals surface area (Å²) < 4.78 is 14.2. The number of benzene rings is 1. The van der Waals surface area contributed by atoms with Gasteiger partial charge in [0.15, 0.2) is 5.78 Å². The lowest BCUT2D eigenvalue weighted by Crippen LogP contribution is -2.52. The molecule has 0 amide bonds. The Labute approximate surface area is 180 Å². The third-order valence-electron chi connectivity index (χ3n) is 5.43. The Hall–Kier alpha value is -3.36. The standard InChI is InChI=1S/C23H25FN6O/c24-18-4-2-1-3-17(18)20-6-5-19(27)23(29-20)22(31)9-14-11-28-8-7-21(14)30-12-15(25)10-16(26)13-30/h1-8,11,15-16H,9-10,12-13,25-27H2/t15-,16+. The van der Waals surface area contributed by atoms with Gasteiger partial charge in [-0.2, -0.15) is 0 Å². The first-order valence-electron chi connectivity index (χ1n) is 10.2. The van der Waals surface area contributed by atoms with Crippen molar-refractivity contribution in [2.75, 3.05) is 23.7 Å². The molecule has 3 heterocycles. The minimum Gasteiger partial charge on any atom is -0.397 e. The van der Waals surface area contributed by atoms with E-state index in [2.05, 4.69) is 14.9 Å². The van der Waals surface area contributed by atoms with Crippen LogP contribution in [0.5, 0.6) is 0 Å². The van der Waals surface area contributed by atoms with E-state index in [0.29, 0.717) is 24.3 Å². The van der Waals surface area contributed by atoms with Gasteiger partial charge in [-0.1, -0.05) is 12.1 Å². The first kappa shape index (κ1) is 20.9. The number of Topliss-reactive ketones (excluding diaryl/α,β-unsaturated/α-hetero) is 1. The zero-order chi connectivity index (χ0) is 22.0. The molecule has 0 saturated carbocycles. The molecule has 2 aromatic heterocycles. The van der Waals surface area contributed by atoms with E-state index >= 15 is 0 Å². The summed E-state index contributed by atoms with van der Waals surface area (Å²) in [6.07, 6.45) is 4.16. The summed E-state index contributed by atoms with van der Waals surface area (Å²) in [6, 6.07) is 11.3. The molecule has 4 rings (SSSR count). The van der Waals surface area contributed by atoms with Crippen molar-refractivity contribution in [1.29, 1.82) is 0 Å². The second-order valence-corrected chi connectivity index (χ2v) is 7.88. The Balaban J connectivity index is 1.63. The van der Waals surface area contributed by atoms with Crippen LogP contribution in [0, 0.1) is 5.82 Å². The molecule has 0 unspecified atom stereocenters. The van der Waals surface area contributed by atoms with E-state index in [1.54, 1.807) is 42.7 Å². The summed E-state index contributed by atoms with van der Waals surface area (Å²) in [5.74, 6) is -0.680. The lowest BCUT2D eigenvalue weighted by Gasteiger charge is -2.37. The lowest BCUT2D eigenvalue weighted by atomic mass is 9.99. The summed E-state index contributed by atoms with van der Waals surface area (Å²) in [6.45, 7) is 1.31. The topological polar surface area (TPSA) is 124 Å². The Morgan fingerprint density at radius 3 is 2.58 bits per heavy atom. The molecule has 0 aliphatic carbocycles. The van der Waals surface area contributed by atoms with Crippen LogP contribution in [0.4, 0.5) is 15.8 Å². The molecule has 0 spiro atoms. The quantitative estimate of drug-likeness (QED) is 0.540. The summed E-state index contributed by atoms with van der Waals surface area (Å²) in [4.78, 5) is 23.8. The number of nitrogens with two attached hydrogens (primary N) is 3. The van der Waals surface area contributed by atoms with Gasteiger partial charge in [-0.05, 0) is 36.8 Å². The summed E-state index contributed by atoms with van der Waals surface area (Å²) in [5, 5.41) is 0. The summed E-state index contributed by atoms with van der Waals surface area (Å²) in [5.41, 5.74) is 21.0. The number of pyridine rings is 2. The number of rotatable bonds is 5. The molecule has 31 heavy (non-hydrogen) atoms. The van der Waals surface area contributed by atoms with E-state index in [9.17, 15) is 9.18 Å². The van der Waals surface area contributed by atoms with E-state index < -0.39 is 5.82 Å². The fourth-order valence-electron chi connectivity index (χ4n) is 4.01. The third-order valence-corrected chi connectivity index (χ3v) is 5.43. The molecule has 1 aromatic carbocycles. The first-order valence-corrected chi connectivity index (χ1v) is 10.2. The molecule has 7 nitrogen and oxygen atoms in total. The fraction of sp³-hybridized carbons (Fsp3) is 0.261. The average molecular weight is 420 g/mol. The van der Waals surface area contributed by atoms with Crippen LogP contribution in [-0.2, 0) is 6.42 Å². The molecule has 0 bridgehead atoms. The van der Waals surface area contributed by atoms with Crippen LogP contribution in [-0.4, -0.2) is 40.9 Å². The average Bonchev–Trinajstić information content (AvgIpc) is 2.74. The van der Waals surface area contributed by atoms with Crippen LogP contribution in [0.15, 0.2) is 54.9 Å². The molecule has 8 heteroatoms. The number of halogens is 1. The van der Waals surface area contributed by atoms with Crippen LogP contribution in [0.2, 0.25) is 0 Å². The van der Waals surface area contributed by atoms with Gasteiger partial charge in [0.25, 0.3) is 0 Å². The largest absolute Gasteiger partial charge is 0.397 e. The zero-order valence-electron chi connectivity index (χ0n) is 17.0. The number of nitrogens with zero attached hydrogens (tertiary/aromatic N) is 3. The second kappa shape index (κ2) is 8.79. The number of nitrogen functional groups attached to an aromatic ring is 1. The Kier molecular flexibility index (Phi) is 5.92. The highest BCUT2D eigenvalue weighted by molar-refractivity contribution is 6.01. The maximum Gasteiger partial charge on any atom is 0.187 e. The van der Waals surface area contributed by atoms with E-state index in [-0.39, 0.29) is 35.7 Å². The Bertz CT molecular complexity index is 1090. The van der Waals surface area contributed by atoms with Crippen molar-refractivity contribution in [3.05, 3.63) is 71.9 Å². The van der Waals surface area contributed by atoms with Crippen LogP contribution in [0.3, 0.4) is 0 Å². The van der Waals surface area contributed by atoms with E-state index in [1.807, 2.05) is 6.07 Å². The molecule has 3 aromatic rings. The van der Waals surface area contributed by atoms with E-state index in [1.165, 1.54) is 6.07 Å². The SMILES string of the molecule is Nc1ccc(-c2ccccc2F)nc1C(=O)Cc1cnccc1N1C[C@H](N)C[C@H](N)C1. The maximum absolute atomic E-state index is 14.2. The van der Waals surface area contributed by atoms with Crippen LogP contribution in [0.25, 0.3) is 11.3 Å². The summed E-state index contributed by atoms with van der Waals surface area (Å²) in [7, 11) is 0. The van der Waals surface area contributed by atoms with E-state index in [4.69, 9.17) is 17.2 Å². The number of carbonyl (C=O) groups is 1.